The summed E-state index contributed by atoms with van der Waals surface area (Å²) in [4.78, 5) is 54.8. The van der Waals surface area contributed by atoms with Crippen molar-refractivity contribution in [2.75, 3.05) is 23.0 Å². The Hall–Kier alpha value is -4.20. The van der Waals surface area contributed by atoms with Crippen LogP contribution in [0, 0.1) is 47.3 Å². The molecule has 4 fully saturated rings. The molecule has 8 rings (SSSR count). The Balaban J connectivity index is 0.696. The number of rotatable bonds is 13. The fourth-order valence-electron chi connectivity index (χ4n) is 8.99. The number of anilines is 2. The van der Waals surface area contributed by atoms with Crippen LogP contribution < -0.4 is 19.3 Å². The summed E-state index contributed by atoms with van der Waals surface area (Å²) in [5, 5.41) is 0. The Morgan fingerprint density at radius 1 is 0.457 bits per heavy atom. The van der Waals surface area contributed by atoms with E-state index in [1.54, 1.807) is 0 Å². The molecule has 8 atom stereocenters. The van der Waals surface area contributed by atoms with Gasteiger partial charge in [-0.25, -0.2) is 0 Å². The van der Waals surface area contributed by atoms with Gasteiger partial charge >= 0.3 is 0 Å². The highest BCUT2D eigenvalue weighted by atomic mass is 16.5. The van der Waals surface area contributed by atoms with E-state index in [-0.39, 0.29) is 71.0 Å². The molecule has 2 saturated heterocycles. The van der Waals surface area contributed by atoms with Crippen LogP contribution in [0.4, 0.5) is 11.4 Å². The summed E-state index contributed by atoms with van der Waals surface area (Å²) in [6.07, 6.45) is 16.7. The molecule has 8 nitrogen and oxygen atoms in total. The van der Waals surface area contributed by atoms with Gasteiger partial charge in [0.15, 0.2) is 0 Å². The maximum absolute atomic E-state index is 13.0. The van der Waals surface area contributed by atoms with Crippen molar-refractivity contribution in [3.8, 4) is 11.5 Å². The number of carbonyl (C=O) groups excluding carboxylic acids is 4. The number of imide groups is 2. The molecule has 0 aromatic heterocycles. The van der Waals surface area contributed by atoms with Crippen molar-refractivity contribution >= 4 is 35.0 Å². The molecule has 4 aliphatic carbocycles. The predicted octanol–water partition coefficient (Wildman–Crippen LogP) is 6.11. The minimum Gasteiger partial charge on any atom is -0.494 e. The second-order valence-corrected chi connectivity index (χ2v) is 13.8. The smallest absolute Gasteiger partial charge is 0.238 e. The molecular formula is C38H40N2O6. The van der Waals surface area contributed by atoms with Gasteiger partial charge in [0.05, 0.1) is 48.3 Å². The average molecular weight is 621 g/mol. The summed E-state index contributed by atoms with van der Waals surface area (Å²) in [6, 6.07) is 14.7. The maximum atomic E-state index is 13.0. The van der Waals surface area contributed by atoms with E-state index in [1.807, 2.05) is 48.5 Å². The predicted molar refractivity (Wildman–Crippen MR) is 172 cm³/mol. The van der Waals surface area contributed by atoms with Gasteiger partial charge in [0.2, 0.25) is 23.6 Å². The minimum atomic E-state index is -0.181. The van der Waals surface area contributed by atoms with E-state index < -0.39 is 0 Å². The maximum Gasteiger partial charge on any atom is 0.238 e. The second kappa shape index (κ2) is 11.9. The zero-order chi connectivity index (χ0) is 31.4. The Kier molecular flexibility index (Phi) is 7.54. The third-order valence-electron chi connectivity index (χ3n) is 11.2. The molecule has 46 heavy (non-hydrogen) atoms. The highest BCUT2D eigenvalue weighted by Gasteiger charge is 2.60. The van der Waals surface area contributed by atoms with Crippen LogP contribution in [0.2, 0.25) is 0 Å². The van der Waals surface area contributed by atoms with Crippen molar-refractivity contribution in [2.24, 2.45) is 47.3 Å². The molecule has 0 spiro atoms. The minimum absolute atomic E-state index is 0.0535. The van der Waals surface area contributed by atoms with Crippen LogP contribution in [0.1, 0.15) is 51.4 Å². The lowest BCUT2D eigenvalue weighted by Gasteiger charge is -2.17. The number of hydrogen-bond acceptors (Lipinski definition) is 6. The monoisotopic (exact) mass is 620 g/mol. The van der Waals surface area contributed by atoms with Crippen LogP contribution in [0.25, 0.3) is 0 Å². The summed E-state index contributed by atoms with van der Waals surface area (Å²) in [5.41, 5.74) is 1.27. The fourth-order valence-corrected chi connectivity index (χ4v) is 8.99. The van der Waals surface area contributed by atoms with Crippen LogP contribution in [-0.4, -0.2) is 36.8 Å². The van der Waals surface area contributed by atoms with Crippen molar-refractivity contribution in [1.82, 2.24) is 0 Å². The van der Waals surface area contributed by atoms with Gasteiger partial charge in [-0.05, 0) is 97.9 Å². The third kappa shape index (κ3) is 4.88. The first kappa shape index (κ1) is 29.2. The number of unbranched alkanes of at least 4 members (excludes halogenated alkanes) is 5. The van der Waals surface area contributed by atoms with Crippen LogP contribution in [0.5, 0.6) is 11.5 Å². The zero-order valence-electron chi connectivity index (χ0n) is 26.0. The van der Waals surface area contributed by atoms with Crippen molar-refractivity contribution in [1.29, 1.82) is 0 Å². The second-order valence-electron chi connectivity index (χ2n) is 13.8. The largest absolute Gasteiger partial charge is 0.494 e. The van der Waals surface area contributed by atoms with E-state index in [0.717, 1.165) is 62.9 Å². The van der Waals surface area contributed by atoms with Crippen molar-refractivity contribution in [2.45, 2.75) is 51.4 Å². The van der Waals surface area contributed by atoms with E-state index in [9.17, 15) is 19.2 Å². The summed E-state index contributed by atoms with van der Waals surface area (Å²) in [6.45, 7) is 1.26. The molecule has 4 amide bonds. The van der Waals surface area contributed by atoms with Gasteiger partial charge in [0.25, 0.3) is 0 Å². The number of allylic oxidation sites excluding steroid dienone is 4. The Morgan fingerprint density at radius 3 is 1.09 bits per heavy atom. The highest BCUT2D eigenvalue weighted by Crippen LogP contribution is 2.54. The van der Waals surface area contributed by atoms with Gasteiger partial charge < -0.3 is 9.47 Å². The van der Waals surface area contributed by atoms with Crippen LogP contribution >= 0.6 is 0 Å². The Bertz CT molecular complexity index is 1420. The molecule has 2 aromatic carbocycles. The molecule has 2 saturated carbocycles. The molecular weight excluding hydrogens is 580 g/mol. The van der Waals surface area contributed by atoms with Crippen LogP contribution in [-0.2, 0) is 19.2 Å². The molecule has 2 aromatic rings. The van der Waals surface area contributed by atoms with E-state index in [4.69, 9.17) is 9.47 Å². The first-order valence-electron chi connectivity index (χ1n) is 17.1. The number of ether oxygens (including phenoxy) is 2. The molecule has 6 aliphatic rings. The molecule has 4 bridgehead atoms. The van der Waals surface area contributed by atoms with Crippen molar-refractivity contribution in [3.63, 3.8) is 0 Å². The molecule has 0 radical (unpaired) electrons. The average Bonchev–Trinajstić information content (AvgIpc) is 3.92. The van der Waals surface area contributed by atoms with Gasteiger partial charge in [-0.1, -0.05) is 50.0 Å². The van der Waals surface area contributed by atoms with Gasteiger partial charge in [-0.2, -0.15) is 0 Å². The number of fused-ring (bicyclic) bond motifs is 10. The third-order valence-corrected chi connectivity index (χ3v) is 11.2. The summed E-state index contributed by atoms with van der Waals surface area (Å²) in [5.74, 6) is 1.42. The van der Waals surface area contributed by atoms with Gasteiger partial charge in [0.1, 0.15) is 11.5 Å². The highest BCUT2D eigenvalue weighted by molar-refractivity contribution is 6.23. The van der Waals surface area contributed by atoms with Crippen molar-refractivity contribution < 1.29 is 28.7 Å². The lowest BCUT2D eigenvalue weighted by molar-refractivity contribution is -0.124. The van der Waals surface area contributed by atoms with E-state index >= 15 is 0 Å². The van der Waals surface area contributed by atoms with Crippen LogP contribution in [0.3, 0.4) is 0 Å². The van der Waals surface area contributed by atoms with E-state index in [2.05, 4.69) is 24.3 Å². The van der Waals surface area contributed by atoms with Gasteiger partial charge in [0, 0.05) is 0 Å². The van der Waals surface area contributed by atoms with Gasteiger partial charge in [-0.3, -0.25) is 29.0 Å². The number of hydrogen-bond donors (Lipinski definition) is 0. The summed E-state index contributed by atoms with van der Waals surface area (Å²) in [7, 11) is 0. The van der Waals surface area contributed by atoms with Crippen molar-refractivity contribution in [3.05, 3.63) is 72.8 Å². The molecule has 8 heteroatoms. The first-order valence-corrected chi connectivity index (χ1v) is 17.1. The normalized spacial score (nSPS) is 31.5. The fraction of sp³-hybridized carbons (Fsp3) is 0.474. The topological polar surface area (TPSA) is 93.2 Å². The molecule has 2 heterocycles. The zero-order valence-corrected chi connectivity index (χ0v) is 26.0. The molecule has 0 N–H and O–H groups in total. The molecule has 238 valence electrons. The SMILES string of the molecule is O=C1C2C3C=CC(C3)C2C(=O)N1c1ccc(OCCCCCCCCOc2ccc(N3C(=O)C4C5C=CC(C5)C4C3=O)cc2)cc1. The number of nitrogens with zero attached hydrogens (tertiary/aromatic N) is 2. The lowest BCUT2D eigenvalue weighted by atomic mass is 9.85. The standard InChI is InChI=1S/C38H40N2O6/c41-35-31-23-7-8-24(21-23)32(31)36(42)39(35)27-11-15-29(16-12-27)45-19-5-3-1-2-4-6-20-46-30-17-13-28(14-18-30)40-37(43)33-25-9-10-26(22-25)34(33)38(40)44/h7-18,23-26,31-34H,1-6,19-22H2. The summed E-state index contributed by atoms with van der Waals surface area (Å²) < 4.78 is 11.8. The van der Waals surface area contributed by atoms with E-state index in [0.29, 0.717) is 24.6 Å². The van der Waals surface area contributed by atoms with Crippen LogP contribution in [0.15, 0.2) is 72.8 Å². The quantitative estimate of drug-likeness (QED) is 0.153. The molecule has 2 aliphatic heterocycles. The number of carbonyl (C=O) groups is 4. The Labute approximate surface area is 269 Å². The number of benzene rings is 2. The molecule has 8 unspecified atom stereocenters. The number of amides is 4. The van der Waals surface area contributed by atoms with Gasteiger partial charge in [-0.15, -0.1) is 0 Å². The Morgan fingerprint density at radius 2 is 0.761 bits per heavy atom. The lowest BCUT2D eigenvalue weighted by Crippen LogP contribution is -2.32. The summed E-state index contributed by atoms with van der Waals surface area (Å²) >= 11 is 0. The first-order chi connectivity index (χ1) is 22.5. The van der Waals surface area contributed by atoms with E-state index in [1.165, 1.54) is 9.80 Å².